The van der Waals surface area contributed by atoms with Gasteiger partial charge in [-0.25, -0.2) is 0 Å². The number of methoxy groups -OCH3 is 1. The Hall–Kier alpha value is -5.77. The first-order valence-electron chi connectivity index (χ1n) is 13.5. The Morgan fingerprint density at radius 3 is 2.56 bits per heavy atom. The number of benzene rings is 4. The van der Waals surface area contributed by atoms with Gasteiger partial charge in [0.1, 0.15) is 11.5 Å². The van der Waals surface area contributed by atoms with Gasteiger partial charge in [0, 0.05) is 17.8 Å². The number of nitrogens with one attached hydrogen (secondary N) is 2. The van der Waals surface area contributed by atoms with Crippen molar-refractivity contribution >= 4 is 17.3 Å². The Balaban J connectivity index is 1.27. The highest BCUT2D eigenvalue weighted by molar-refractivity contribution is 5.95. The Morgan fingerprint density at radius 1 is 0.930 bits per heavy atom. The van der Waals surface area contributed by atoms with Crippen molar-refractivity contribution in [2.45, 2.75) is 13.5 Å². The zero-order chi connectivity index (χ0) is 29.8. The van der Waals surface area contributed by atoms with E-state index in [1.165, 1.54) is 10.9 Å². The maximum atomic E-state index is 13.8. The maximum Gasteiger partial charge on any atom is 0.299 e. The molecule has 216 valence electrons. The van der Waals surface area contributed by atoms with E-state index in [0.29, 0.717) is 46.5 Å². The summed E-state index contributed by atoms with van der Waals surface area (Å²) in [5.74, 6) is 2.51. The average Bonchev–Trinajstić information content (AvgIpc) is 3.50. The van der Waals surface area contributed by atoms with Gasteiger partial charge >= 0.3 is 0 Å². The molecule has 1 aliphatic heterocycles. The minimum atomic E-state index is -0.437. The van der Waals surface area contributed by atoms with Crippen molar-refractivity contribution < 1.29 is 23.7 Å². The van der Waals surface area contributed by atoms with Crippen molar-refractivity contribution in [2.75, 3.05) is 19.2 Å². The van der Waals surface area contributed by atoms with Crippen molar-refractivity contribution in [2.24, 2.45) is 0 Å². The molecule has 10 nitrogen and oxygen atoms in total. The van der Waals surface area contributed by atoms with Crippen molar-refractivity contribution in [3.63, 3.8) is 0 Å². The van der Waals surface area contributed by atoms with Crippen LogP contribution in [0.5, 0.6) is 28.7 Å². The monoisotopic (exact) mass is 576 g/mol. The Morgan fingerprint density at radius 2 is 1.74 bits per heavy atom. The van der Waals surface area contributed by atoms with Crippen molar-refractivity contribution in [3.05, 3.63) is 124 Å². The first kappa shape index (κ1) is 27.4. The largest absolute Gasteiger partial charge is 0.497 e. The number of fused-ring (bicyclic) bond motifs is 1. The second-order valence-electron chi connectivity index (χ2n) is 9.79. The minimum Gasteiger partial charge on any atom is -0.497 e. The molecule has 1 aliphatic rings. The fourth-order valence-electron chi connectivity index (χ4n) is 4.56. The normalized spacial score (nSPS) is 11.6. The fourth-order valence-corrected chi connectivity index (χ4v) is 4.56. The van der Waals surface area contributed by atoms with E-state index in [1.54, 1.807) is 61.7 Å². The summed E-state index contributed by atoms with van der Waals surface area (Å²) in [6.45, 7) is 2.44. The number of carbonyl (C=O) groups excluding carboxylic acids is 1. The smallest absolute Gasteiger partial charge is 0.299 e. The van der Waals surface area contributed by atoms with E-state index in [1.807, 2.05) is 43.3 Å². The van der Waals surface area contributed by atoms with Crippen LogP contribution in [0, 0.1) is 6.92 Å². The molecule has 0 unspecified atom stereocenters. The van der Waals surface area contributed by atoms with Gasteiger partial charge in [-0.2, -0.15) is 9.78 Å². The zero-order valence-corrected chi connectivity index (χ0v) is 23.5. The molecule has 1 amide bonds. The van der Waals surface area contributed by atoms with Gasteiger partial charge in [0.25, 0.3) is 11.5 Å². The van der Waals surface area contributed by atoms with Gasteiger partial charge in [-0.1, -0.05) is 24.3 Å². The first-order valence-corrected chi connectivity index (χ1v) is 13.5. The van der Waals surface area contributed by atoms with Crippen LogP contribution < -0.4 is 35.1 Å². The SMILES string of the molecule is COc1ccc(-n2ncc(Oc3cccc(C)c3)c(Nc3cccc(C(=O)NCc4ccc5c(c4)OCO5)c3)c2=O)cc1. The van der Waals surface area contributed by atoms with E-state index >= 15 is 0 Å². The van der Waals surface area contributed by atoms with Crippen molar-refractivity contribution in [3.8, 4) is 34.4 Å². The second kappa shape index (κ2) is 12.0. The van der Waals surface area contributed by atoms with Crippen molar-refractivity contribution in [1.82, 2.24) is 15.1 Å². The van der Waals surface area contributed by atoms with Crippen LogP contribution in [0.2, 0.25) is 0 Å². The number of hydrogen-bond donors (Lipinski definition) is 2. The highest BCUT2D eigenvalue weighted by Crippen LogP contribution is 2.33. The highest BCUT2D eigenvalue weighted by atomic mass is 16.7. The summed E-state index contributed by atoms with van der Waals surface area (Å²) in [6, 6.07) is 26.9. The quantitative estimate of drug-likeness (QED) is 0.228. The molecule has 1 aromatic heterocycles. The third-order valence-electron chi connectivity index (χ3n) is 6.76. The summed E-state index contributed by atoms with van der Waals surface area (Å²) in [7, 11) is 1.57. The molecule has 4 aromatic carbocycles. The van der Waals surface area contributed by atoms with E-state index in [2.05, 4.69) is 15.7 Å². The van der Waals surface area contributed by atoms with Crippen LogP contribution in [0.25, 0.3) is 5.69 Å². The highest BCUT2D eigenvalue weighted by Gasteiger charge is 2.17. The van der Waals surface area contributed by atoms with Gasteiger partial charge in [-0.3, -0.25) is 9.59 Å². The summed E-state index contributed by atoms with van der Waals surface area (Å²) in [5.41, 5.74) is 3.09. The number of nitrogens with zero attached hydrogens (tertiary/aromatic N) is 2. The number of aromatic nitrogens is 2. The third-order valence-corrected chi connectivity index (χ3v) is 6.76. The molecule has 43 heavy (non-hydrogen) atoms. The van der Waals surface area contributed by atoms with E-state index in [4.69, 9.17) is 18.9 Å². The molecule has 2 heterocycles. The molecule has 0 atom stereocenters. The Kier molecular flexibility index (Phi) is 7.64. The number of carbonyl (C=O) groups is 1. The zero-order valence-electron chi connectivity index (χ0n) is 23.5. The van der Waals surface area contributed by atoms with Crippen LogP contribution in [0.1, 0.15) is 21.5 Å². The van der Waals surface area contributed by atoms with Crippen molar-refractivity contribution in [1.29, 1.82) is 0 Å². The standard InChI is InChI=1S/C33H28N4O6/c1-21-5-3-8-27(15-21)43-30-19-35-37(25-10-12-26(40-2)13-11-25)33(39)31(30)36-24-7-4-6-23(17-24)32(38)34-18-22-9-14-28-29(16-22)42-20-41-28/h3-17,19,36H,18,20H2,1-2H3,(H,34,38). The predicted molar refractivity (Wildman–Crippen MR) is 161 cm³/mol. The summed E-state index contributed by atoms with van der Waals surface area (Å²) in [6.07, 6.45) is 1.48. The first-order chi connectivity index (χ1) is 21.0. The van der Waals surface area contributed by atoms with Crippen LogP contribution >= 0.6 is 0 Å². The molecule has 0 fully saturated rings. The molecule has 0 aliphatic carbocycles. The van der Waals surface area contributed by atoms with Crippen LogP contribution in [0.3, 0.4) is 0 Å². The number of anilines is 2. The molecular weight excluding hydrogens is 548 g/mol. The Labute approximate surface area is 247 Å². The van der Waals surface area contributed by atoms with E-state index in [-0.39, 0.29) is 24.1 Å². The molecule has 0 saturated heterocycles. The van der Waals surface area contributed by atoms with Gasteiger partial charge in [-0.15, -0.1) is 0 Å². The molecule has 0 bridgehead atoms. The molecule has 0 radical (unpaired) electrons. The third kappa shape index (κ3) is 6.13. The number of rotatable bonds is 9. The van der Waals surface area contributed by atoms with Crippen LogP contribution in [0.4, 0.5) is 11.4 Å². The molecule has 10 heteroatoms. The number of ether oxygens (including phenoxy) is 4. The summed E-state index contributed by atoms with van der Waals surface area (Å²) in [5, 5.41) is 10.5. The van der Waals surface area contributed by atoms with E-state index < -0.39 is 5.56 Å². The molecular formula is C33H28N4O6. The second-order valence-corrected chi connectivity index (χ2v) is 9.79. The summed E-state index contributed by atoms with van der Waals surface area (Å²) in [4.78, 5) is 26.8. The predicted octanol–water partition coefficient (Wildman–Crippen LogP) is 5.74. The maximum absolute atomic E-state index is 13.8. The molecule has 2 N–H and O–H groups in total. The number of amides is 1. The number of hydrogen-bond acceptors (Lipinski definition) is 8. The van der Waals surface area contributed by atoms with Gasteiger partial charge in [0.15, 0.2) is 22.9 Å². The topological polar surface area (TPSA) is 113 Å². The average molecular weight is 577 g/mol. The Bertz CT molecular complexity index is 1850. The lowest BCUT2D eigenvalue weighted by Crippen LogP contribution is -2.24. The van der Waals surface area contributed by atoms with E-state index in [9.17, 15) is 9.59 Å². The van der Waals surface area contributed by atoms with Gasteiger partial charge in [0.2, 0.25) is 6.79 Å². The summed E-state index contributed by atoms with van der Waals surface area (Å²) >= 11 is 0. The summed E-state index contributed by atoms with van der Waals surface area (Å²) < 4.78 is 23.4. The van der Waals surface area contributed by atoms with Crippen LogP contribution in [-0.4, -0.2) is 29.6 Å². The number of aryl methyl sites for hydroxylation is 1. The molecule has 0 saturated carbocycles. The lowest BCUT2D eigenvalue weighted by molar-refractivity contribution is 0.0951. The fraction of sp³-hybridized carbons (Fsp3) is 0.121. The van der Waals surface area contributed by atoms with E-state index in [0.717, 1.165) is 11.1 Å². The minimum absolute atomic E-state index is 0.158. The van der Waals surface area contributed by atoms with Gasteiger partial charge in [-0.05, 0) is 84.8 Å². The molecule has 5 aromatic rings. The molecule has 6 rings (SSSR count). The van der Waals surface area contributed by atoms with Crippen LogP contribution in [-0.2, 0) is 6.54 Å². The molecule has 0 spiro atoms. The lowest BCUT2D eigenvalue weighted by Gasteiger charge is -2.15. The lowest BCUT2D eigenvalue weighted by atomic mass is 10.1. The van der Waals surface area contributed by atoms with Crippen LogP contribution in [0.15, 0.2) is 102 Å². The van der Waals surface area contributed by atoms with Gasteiger partial charge < -0.3 is 29.6 Å². The van der Waals surface area contributed by atoms with Gasteiger partial charge in [0.05, 0.1) is 19.0 Å².